The van der Waals surface area contributed by atoms with E-state index >= 15 is 0 Å². The summed E-state index contributed by atoms with van der Waals surface area (Å²) < 4.78 is 24.9. The van der Waals surface area contributed by atoms with Crippen LogP contribution in [0.2, 0.25) is 5.02 Å². The maximum absolute atomic E-state index is 13.7. The third-order valence-corrected chi connectivity index (χ3v) is 4.73. The molecule has 0 radical (unpaired) electrons. The number of carbonyl (C=O) groups excluding carboxylic acids is 1. The topological polar surface area (TPSA) is 38.8 Å². The van der Waals surface area contributed by atoms with Crippen LogP contribution in [0.3, 0.4) is 0 Å². The molecule has 6 heteroatoms. The number of benzene rings is 3. The highest BCUT2D eigenvalue weighted by Crippen LogP contribution is 2.33. The zero-order valence-corrected chi connectivity index (χ0v) is 15.6. The van der Waals surface area contributed by atoms with Crippen LogP contribution in [0.25, 0.3) is 0 Å². The summed E-state index contributed by atoms with van der Waals surface area (Å²) in [6, 6.07) is 20.1. The zero-order chi connectivity index (χ0) is 19.5. The Kier molecular flexibility index (Phi) is 5.28. The zero-order valence-electron chi connectivity index (χ0n) is 14.8. The second-order valence-electron chi connectivity index (χ2n) is 6.40. The molecule has 1 aliphatic heterocycles. The van der Waals surface area contributed by atoms with Gasteiger partial charge in [0.15, 0.2) is 0 Å². The van der Waals surface area contributed by atoms with Crippen molar-refractivity contribution in [3.8, 4) is 11.5 Å². The van der Waals surface area contributed by atoms with Crippen LogP contribution in [0.1, 0.15) is 11.6 Å². The third-order valence-electron chi connectivity index (χ3n) is 4.48. The predicted octanol–water partition coefficient (Wildman–Crippen LogP) is 5.38. The Bertz CT molecular complexity index is 976. The van der Waals surface area contributed by atoms with Crippen molar-refractivity contribution < 1.29 is 18.7 Å². The van der Waals surface area contributed by atoms with Crippen molar-refractivity contribution in [2.24, 2.45) is 0 Å². The van der Waals surface area contributed by atoms with Gasteiger partial charge in [-0.3, -0.25) is 4.79 Å². The van der Waals surface area contributed by atoms with Crippen LogP contribution < -0.4 is 9.64 Å². The molecular formula is C22H17ClFNO3. The molecule has 3 aromatic carbocycles. The SMILES string of the molecule is O=C1COCC(c2cccc(F)c2)N1c1ccc(Oc2ccc(Cl)cc2)cc1. The van der Waals surface area contributed by atoms with Gasteiger partial charge in [0.05, 0.1) is 12.6 Å². The molecule has 0 spiro atoms. The smallest absolute Gasteiger partial charge is 0.253 e. The number of rotatable bonds is 4. The summed E-state index contributed by atoms with van der Waals surface area (Å²) in [5.74, 6) is 0.778. The van der Waals surface area contributed by atoms with Gasteiger partial charge in [0, 0.05) is 10.7 Å². The summed E-state index contributed by atoms with van der Waals surface area (Å²) in [5, 5.41) is 0.636. The van der Waals surface area contributed by atoms with Gasteiger partial charge in [-0.25, -0.2) is 4.39 Å². The van der Waals surface area contributed by atoms with Crippen molar-refractivity contribution in [1.29, 1.82) is 0 Å². The van der Waals surface area contributed by atoms with Crippen molar-refractivity contribution in [1.82, 2.24) is 0 Å². The van der Waals surface area contributed by atoms with Gasteiger partial charge in [-0.1, -0.05) is 23.7 Å². The fourth-order valence-electron chi connectivity index (χ4n) is 3.17. The number of carbonyl (C=O) groups is 1. The fourth-order valence-corrected chi connectivity index (χ4v) is 3.30. The number of nitrogens with zero attached hydrogens (tertiary/aromatic N) is 1. The lowest BCUT2D eigenvalue weighted by molar-refractivity contribution is -0.127. The average Bonchev–Trinajstić information content (AvgIpc) is 2.70. The summed E-state index contributed by atoms with van der Waals surface area (Å²) in [6.07, 6.45) is 0. The highest BCUT2D eigenvalue weighted by Gasteiger charge is 2.31. The Morgan fingerprint density at radius 2 is 1.68 bits per heavy atom. The van der Waals surface area contributed by atoms with Gasteiger partial charge < -0.3 is 14.4 Å². The lowest BCUT2D eigenvalue weighted by Crippen LogP contribution is -2.44. The van der Waals surface area contributed by atoms with Crippen LogP contribution in [0.15, 0.2) is 72.8 Å². The standard InChI is InChI=1S/C22H17ClFNO3/c23-16-4-8-19(9-5-16)28-20-10-6-18(7-11-20)25-21(13-27-14-22(25)26)15-2-1-3-17(24)12-15/h1-12,21H,13-14H2. The minimum atomic E-state index is -0.389. The van der Waals surface area contributed by atoms with Gasteiger partial charge in [0.1, 0.15) is 23.9 Å². The van der Waals surface area contributed by atoms with Crippen molar-refractivity contribution in [3.63, 3.8) is 0 Å². The molecule has 4 nitrogen and oxygen atoms in total. The second-order valence-corrected chi connectivity index (χ2v) is 6.84. The number of ether oxygens (including phenoxy) is 2. The molecule has 0 bridgehead atoms. The summed E-state index contributed by atoms with van der Waals surface area (Å²) in [7, 11) is 0. The first kappa shape index (κ1) is 18.5. The van der Waals surface area contributed by atoms with E-state index in [9.17, 15) is 9.18 Å². The van der Waals surface area contributed by atoms with Crippen molar-refractivity contribution in [2.45, 2.75) is 6.04 Å². The minimum Gasteiger partial charge on any atom is -0.457 e. The van der Waals surface area contributed by atoms with E-state index in [1.54, 1.807) is 65.6 Å². The van der Waals surface area contributed by atoms with Gasteiger partial charge in [-0.05, 0) is 66.2 Å². The fraction of sp³-hybridized carbons (Fsp3) is 0.136. The number of hydrogen-bond acceptors (Lipinski definition) is 3. The van der Waals surface area contributed by atoms with Crippen LogP contribution >= 0.6 is 11.6 Å². The molecule has 3 aromatic rings. The Morgan fingerprint density at radius 1 is 1.00 bits per heavy atom. The van der Waals surface area contributed by atoms with Crippen LogP contribution in [-0.4, -0.2) is 19.1 Å². The van der Waals surface area contributed by atoms with E-state index in [1.807, 2.05) is 0 Å². The van der Waals surface area contributed by atoms with Gasteiger partial charge in [0.25, 0.3) is 5.91 Å². The maximum atomic E-state index is 13.7. The Labute approximate surface area is 167 Å². The number of amides is 1. The molecule has 4 rings (SSSR count). The molecule has 1 saturated heterocycles. The molecule has 0 aliphatic carbocycles. The summed E-state index contributed by atoms with van der Waals surface area (Å²) in [4.78, 5) is 14.2. The first-order valence-corrected chi connectivity index (χ1v) is 9.17. The molecule has 1 aliphatic rings. The lowest BCUT2D eigenvalue weighted by Gasteiger charge is -2.35. The highest BCUT2D eigenvalue weighted by molar-refractivity contribution is 6.30. The lowest BCUT2D eigenvalue weighted by atomic mass is 10.0. The Hall–Kier alpha value is -2.89. The van der Waals surface area contributed by atoms with Crippen LogP contribution in [0, 0.1) is 5.82 Å². The van der Waals surface area contributed by atoms with Gasteiger partial charge >= 0.3 is 0 Å². The number of anilines is 1. The molecule has 0 N–H and O–H groups in total. The van der Waals surface area contributed by atoms with Gasteiger partial charge in [-0.2, -0.15) is 0 Å². The van der Waals surface area contributed by atoms with Crippen molar-refractivity contribution >= 4 is 23.2 Å². The molecule has 1 heterocycles. The molecule has 1 fully saturated rings. The van der Waals surface area contributed by atoms with E-state index in [4.69, 9.17) is 21.1 Å². The van der Waals surface area contributed by atoms with E-state index in [0.29, 0.717) is 34.4 Å². The quantitative estimate of drug-likeness (QED) is 0.593. The number of hydrogen-bond donors (Lipinski definition) is 0. The normalized spacial score (nSPS) is 16.9. The van der Waals surface area contributed by atoms with Gasteiger partial charge in [-0.15, -0.1) is 0 Å². The third kappa shape index (κ3) is 4.01. The molecule has 0 saturated carbocycles. The van der Waals surface area contributed by atoms with E-state index in [2.05, 4.69) is 0 Å². The summed E-state index contributed by atoms with van der Waals surface area (Å²) in [6.45, 7) is 0.299. The highest BCUT2D eigenvalue weighted by atomic mass is 35.5. The second kappa shape index (κ2) is 8.00. The van der Waals surface area contributed by atoms with Crippen LogP contribution in [0.4, 0.5) is 10.1 Å². The maximum Gasteiger partial charge on any atom is 0.253 e. The monoisotopic (exact) mass is 397 g/mol. The Morgan fingerprint density at radius 3 is 2.36 bits per heavy atom. The predicted molar refractivity (Wildman–Crippen MR) is 105 cm³/mol. The minimum absolute atomic E-state index is 0.00512. The number of halogens is 2. The van der Waals surface area contributed by atoms with E-state index in [-0.39, 0.29) is 24.4 Å². The molecule has 28 heavy (non-hydrogen) atoms. The first-order chi connectivity index (χ1) is 13.6. The summed E-state index contributed by atoms with van der Waals surface area (Å²) >= 11 is 5.88. The number of morpholine rings is 1. The van der Waals surface area contributed by atoms with E-state index in [1.165, 1.54) is 12.1 Å². The molecule has 1 atom stereocenters. The molecular weight excluding hydrogens is 381 g/mol. The first-order valence-electron chi connectivity index (χ1n) is 8.79. The van der Waals surface area contributed by atoms with Crippen molar-refractivity contribution in [2.75, 3.05) is 18.1 Å². The van der Waals surface area contributed by atoms with Crippen molar-refractivity contribution in [3.05, 3.63) is 89.2 Å². The molecule has 1 amide bonds. The van der Waals surface area contributed by atoms with Crippen LogP contribution in [0.5, 0.6) is 11.5 Å². The van der Waals surface area contributed by atoms with Crippen LogP contribution in [-0.2, 0) is 9.53 Å². The summed E-state index contributed by atoms with van der Waals surface area (Å²) in [5.41, 5.74) is 1.39. The molecule has 1 unspecified atom stereocenters. The largest absolute Gasteiger partial charge is 0.457 e. The van der Waals surface area contributed by atoms with Gasteiger partial charge in [0.2, 0.25) is 0 Å². The molecule has 142 valence electrons. The molecule has 0 aromatic heterocycles. The average molecular weight is 398 g/mol. The Balaban J connectivity index is 1.58. The van der Waals surface area contributed by atoms with E-state index < -0.39 is 0 Å². The van der Waals surface area contributed by atoms with E-state index in [0.717, 1.165) is 0 Å².